The summed E-state index contributed by atoms with van der Waals surface area (Å²) < 4.78 is 5.25. The highest BCUT2D eigenvalue weighted by atomic mass is 32.2. The lowest BCUT2D eigenvalue weighted by atomic mass is 10.5. The summed E-state index contributed by atoms with van der Waals surface area (Å²) in [7, 11) is 0. The molecule has 0 saturated carbocycles. The quantitative estimate of drug-likeness (QED) is 0.605. The number of hydrogen-bond acceptors (Lipinski definition) is 3. The van der Waals surface area contributed by atoms with Gasteiger partial charge < -0.3 is 10.5 Å². The van der Waals surface area contributed by atoms with Crippen molar-refractivity contribution in [1.82, 2.24) is 0 Å². The number of thioether (sulfide) groups is 1. The van der Waals surface area contributed by atoms with Crippen molar-refractivity contribution in [3.8, 4) is 0 Å². The number of rotatable bonds is 6. The fourth-order valence-electron chi connectivity index (χ4n) is 0.516. The Morgan fingerprint density at radius 3 is 2.73 bits per heavy atom. The summed E-state index contributed by atoms with van der Waals surface area (Å²) in [5.74, 6) is 0.960. The molecule has 0 radical (unpaired) electrons. The maximum absolute atomic E-state index is 10.3. The van der Waals surface area contributed by atoms with Crippen molar-refractivity contribution in [1.29, 1.82) is 0 Å². The predicted octanol–water partition coefficient (Wildman–Crippen LogP) is 0.630. The molecule has 0 rings (SSSR count). The Morgan fingerprint density at radius 1 is 1.64 bits per heavy atom. The van der Waals surface area contributed by atoms with Crippen LogP contribution in [0.1, 0.15) is 13.8 Å². The minimum atomic E-state index is -0.264. The molecule has 0 aromatic heterocycles. The van der Waals surface area contributed by atoms with Crippen LogP contribution in [0.5, 0.6) is 0 Å². The predicted molar refractivity (Wildman–Crippen MR) is 47.6 cm³/mol. The normalized spacial score (nSPS) is 10.5. The Balaban J connectivity index is 2.97. The summed E-state index contributed by atoms with van der Waals surface area (Å²) in [6.45, 7) is 4.66. The molecule has 11 heavy (non-hydrogen) atoms. The third-order valence-corrected chi connectivity index (χ3v) is 1.87. The third kappa shape index (κ3) is 9.78. The van der Waals surface area contributed by atoms with E-state index in [1.165, 1.54) is 11.8 Å². The van der Waals surface area contributed by atoms with Gasteiger partial charge in [-0.15, -0.1) is 11.8 Å². The standard InChI is InChI=1S/C7H15NO2S/c1-6(2)10-3-4-11-5-7(8)9/h6H,3-5H2,1-2H3,(H2,8,9). The van der Waals surface area contributed by atoms with Crippen LogP contribution in [0.25, 0.3) is 0 Å². The van der Waals surface area contributed by atoms with Crippen LogP contribution in [0.3, 0.4) is 0 Å². The van der Waals surface area contributed by atoms with E-state index in [4.69, 9.17) is 10.5 Å². The fraction of sp³-hybridized carbons (Fsp3) is 0.857. The van der Waals surface area contributed by atoms with Crippen LogP contribution < -0.4 is 5.73 Å². The van der Waals surface area contributed by atoms with E-state index in [-0.39, 0.29) is 12.0 Å². The van der Waals surface area contributed by atoms with E-state index in [0.29, 0.717) is 12.4 Å². The first-order valence-electron chi connectivity index (χ1n) is 3.60. The molecule has 0 aromatic rings. The van der Waals surface area contributed by atoms with Crippen LogP contribution in [0.15, 0.2) is 0 Å². The zero-order valence-corrected chi connectivity index (χ0v) is 7.82. The summed E-state index contributed by atoms with van der Waals surface area (Å²) >= 11 is 1.50. The van der Waals surface area contributed by atoms with Gasteiger partial charge in [-0.1, -0.05) is 0 Å². The maximum Gasteiger partial charge on any atom is 0.227 e. The molecular weight excluding hydrogens is 162 g/mol. The molecule has 0 bridgehead atoms. The van der Waals surface area contributed by atoms with Gasteiger partial charge in [-0.3, -0.25) is 4.79 Å². The van der Waals surface area contributed by atoms with E-state index in [2.05, 4.69) is 0 Å². The van der Waals surface area contributed by atoms with E-state index < -0.39 is 0 Å². The van der Waals surface area contributed by atoms with Gasteiger partial charge in [0.2, 0.25) is 5.91 Å². The summed E-state index contributed by atoms with van der Waals surface area (Å²) in [5, 5.41) is 0. The van der Waals surface area contributed by atoms with Crippen molar-refractivity contribution in [2.24, 2.45) is 5.73 Å². The van der Waals surface area contributed by atoms with Gasteiger partial charge in [0, 0.05) is 5.75 Å². The van der Waals surface area contributed by atoms with Gasteiger partial charge in [-0.05, 0) is 13.8 Å². The van der Waals surface area contributed by atoms with Crippen LogP contribution in [0.4, 0.5) is 0 Å². The van der Waals surface area contributed by atoms with Gasteiger partial charge in [0.05, 0.1) is 18.5 Å². The molecule has 0 heterocycles. The van der Waals surface area contributed by atoms with Gasteiger partial charge in [0.25, 0.3) is 0 Å². The number of nitrogens with two attached hydrogens (primary N) is 1. The molecule has 0 fully saturated rings. The number of carbonyl (C=O) groups is 1. The summed E-state index contributed by atoms with van der Waals surface area (Å²) in [4.78, 5) is 10.3. The van der Waals surface area contributed by atoms with E-state index in [0.717, 1.165) is 5.75 Å². The molecule has 0 aliphatic rings. The summed E-state index contributed by atoms with van der Waals surface area (Å²) in [5.41, 5.74) is 4.93. The van der Waals surface area contributed by atoms with Crippen LogP contribution in [-0.4, -0.2) is 30.1 Å². The SMILES string of the molecule is CC(C)OCCSCC(N)=O. The first kappa shape index (κ1) is 10.8. The molecule has 2 N–H and O–H groups in total. The van der Waals surface area contributed by atoms with Crippen LogP contribution in [0, 0.1) is 0 Å². The Morgan fingerprint density at radius 2 is 2.27 bits per heavy atom. The Labute approximate surface area is 71.7 Å². The van der Waals surface area contributed by atoms with Crippen molar-refractivity contribution >= 4 is 17.7 Å². The van der Waals surface area contributed by atoms with Crippen LogP contribution in [0.2, 0.25) is 0 Å². The largest absolute Gasteiger partial charge is 0.378 e. The second-order valence-electron chi connectivity index (χ2n) is 2.44. The molecule has 4 heteroatoms. The molecule has 0 aliphatic heterocycles. The number of carbonyl (C=O) groups excluding carboxylic acids is 1. The zero-order valence-electron chi connectivity index (χ0n) is 7.00. The van der Waals surface area contributed by atoms with E-state index >= 15 is 0 Å². The molecule has 3 nitrogen and oxygen atoms in total. The molecular formula is C7H15NO2S. The maximum atomic E-state index is 10.3. The lowest BCUT2D eigenvalue weighted by Gasteiger charge is -2.05. The van der Waals surface area contributed by atoms with Crippen molar-refractivity contribution in [2.45, 2.75) is 20.0 Å². The van der Waals surface area contributed by atoms with E-state index in [1.54, 1.807) is 0 Å². The number of hydrogen-bond donors (Lipinski definition) is 1. The van der Waals surface area contributed by atoms with Crippen molar-refractivity contribution in [3.05, 3.63) is 0 Å². The van der Waals surface area contributed by atoms with Gasteiger partial charge in [-0.2, -0.15) is 0 Å². The second-order valence-corrected chi connectivity index (χ2v) is 3.54. The Bertz CT molecular complexity index is 117. The van der Waals surface area contributed by atoms with Gasteiger partial charge in [0.15, 0.2) is 0 Å². The smallest absolute Gasteiger partial charge is 0.227 e. The van der Waals surface area contributed by atoms with Gasteiger partial charge in [-0.25, -0.2) is 0 Å². The van der Waals surface area contributed by atoms with E-state index in [9.17, 15) is 4.79 Å². The average Bonchev–Trinajstić information content (AvgIpc) is 1.85. The third-order valence-electron chi connectivity index (χ3n) is 0.923. The number of primary amides is 1. The first-order valence-corrected chi connectivity index (χ1v) is 4.76. The molecule has 0 unspecified atom stereocenters. The van der Waals surface area contributed by atoms with Gasteiger partial charge in [0.1, 0.15) is 0 Å². The van der Waals surface area contributed by atoms with Crippen molar-refractivity contribution in [3.63, 3.8) is 0 Å². The number of amides is 1. The Kier molecular flexibility index (Phi) is 6.36. The molecule has 0 atom stereocenters. The van der Waals surface area contributed by atoms with Crippen LogP contribution >= 0.6 is 11.8 Å². The lowest BCUT2D eigenvalue weighted by Crippen LogP contribution is -2.14. The average molecular weight is 177 g/mol. The minimum absolute atomic E-state index is 0.264. The zero-order chi connectivity index (χ0) is 8.69. The molecule has 0 spiro atoms. The first-order chi connectivity index (χ1) is 5.13. The minimum Gasteiger partial charge on any atom is -0.378 e. The highest BCUT2D eigenvalue weighted by Gasteiger charge is 1.95. The van der Waals surface area contributed by atoms with Crippen molar-refractivity contribution in [2.75, 3.05) is 18.1 Å². The van der Waals surface area contributed by atoms with Gasteiger partial charge >= 0.3 is 0 Å². The summed E-state index contributed by atoms with van der Waals surface area (Å²) in [6.07, 6.45) is 0.268. The molecule has 0 aromatic carbocycles. The molecule has 0 aliphatic carbocycles. The molecule has 66 valence electrons. The monoisotopic (exact) mass is 177 g/mol. The Hall–Kier alpha value is -0.220. The number of ether oxygens (including phenoxy) is 1. The fourth-order valence-corrected chi connectivity index (χ4v) is 1.08. The summed E-state index contributed by atoms with van der Waals surface area (Å²) in [6, 6.07) is 0. The van der Waals surface area contributed by atoms with E-state index in [1.807, 2.05) is 13.8 Å². The molecule has 1 amide bonds. The second kappa shape index (κ2) is 6.49. The highest BCUT2D eigenvalue weighted by molar-refractivity contribution is 7.99. The van der Waals surface area contributed by atoms with Crippen molar-refractivity contribution < 1.29 is 9.53 Å². The molecule has 0 saturated heterocycles. The topological polar surface area (TPSA) is 52.3 Å². The van der Waals surface area contributed by atoms with Crippen LogP contribution in [-0.2, 0) is 9.53 Å². The highest BCUT2D eigenvalue weighted by Crippen LogP contribution is 1.99. The lowest BCUT2D eigenvalue weighted by molar-refractivity contribution is -0.115.